The second kappa shape index (κ2) is 7.56. The van der Waals surface area contributed by atoms with Gasteiger partial charge in [0.05, 0.1) is 12.8 Å². The Labute approximate surface area is 136 Å². The molecule has 0 aliphatic rings. The number of aryl methyl sites for hydroxylation is 1. The maximum atomic E-state index is 5.24. The van der Waals surface area contributed by atoms with Crippen molar-refractivity contribution in [1.82, 2.24) is 5.43 Å². The number of methoxy groups -OCH3 is 1. The molecule has 114 valence electrons. The normalized spacial score (nSPS) is 11.0. The van der Waals surface area contributed by atoms with Crippen molar-refractivity contribution in [3.63, 3.8) is 0 Å². The van der Waals surface area contributed by atoms with Gasteiger partial charge in [-0.1, -0.05) is 12.1 Å². The van der Waals surface area contributed by atoms with E-state index in [0.29, 0.717) is 5.11 Å². The molecular formula is C17H19N3OS. The van der Waals surface area contributed by atoms with Gasteiger partial charge in [-0.3, -0.25) is 5.43 Å². The van der Waals surface area contributed by atoms with Gasteiger partial charge in [-0.15, -0.1) is 0 Å². The van der Waals surface area contributed by atoms with Crippen LogP contribution in [0.15, 0.2) is 53.6 Å². The van der Waals surface area contributed by atoms with Gasteiger partial charge in [0.2, 0.25) is 0 Å². The van der Waals surface area contributed by atoms with E-state index >= 15 is 0 Å². The van der Waals surface area contributed by atoms with E-state index in [1.54, 1.807) is 7.11 Å². The third-order valence-electron chi connectivity index (χ3n) is 3.11. The molecule has 0 fully saturated rings. The number of hydrazone groups is 1. The van der Waals surface area contributed by atoms with Crippen molar-refractivity contribution in [2.45, 2.75) is 13.8 Å². The first kappa shape index (κ1) is 16.0. The number of hydrogen-bond acceptors (Lipinski definition) is 3. The van der Waals surface area contributed by atoms with Crippen LogP contribution in [0.3, 0.4) is 0 Å². The van der Waals surface area contributed by atoms with Crippen molar-refractivity contribution >= 4 is 28.7 Å². The lowest BCUT2D eigenvalue weighted by Gasteiger charge is -2.09. The Kier molecular flexibility index (Phi) is 5.49. The Balaban J connectivity index is 1.96. The van der Waals surface area contributed by atoms with Crippen molar-refractivity contribution < 1.29 is 4.74 Å². The number of thiocarbonyl (C=S) groups is 1. The summed E-state index contributed by atoms with van der Waals surface area (Å²) in [4.78, 5) is 0. The Bertz CT molecular complexity index is 681. The van der Waals surface area contributed by atoms with Gasteiger partial charge in [0, 0.05) is 5.69 Å². The zero-order valence-electron chi connectivity index (χ0n) is 12.9. The maximum absolute atomic E-state index is 5.24. The molecule has 0 unspecified atom stereocenters. The van der Waals surface area contributed by atoms with Crippen molar-refractivity contribution in [2.75, 3.05) is 12.4 Å². The minimum absolute atomic E-state index is 0.457. The highest BCUT2D eigenvalue weighted by molar-refractivity contribution is 7.80. The van der Waals surface area contributed by atoms with E-state index in [0.717, 1.165) is 22.7 Å². The second-order valence-electron chi connectivity index (χ2n) is 4.86. The zero-order valence-corrected chi connectivity index (χ0v) is 13.7. The van der Waals surface area contributed by atoms with E-state index < -0.39 is 0 Å². The molecule has 2 N–H and O–H groups in total. The maximum Gasteiger partial charge on any atom is 0.191 e. The SMILES string of the molecule is COc1ccc(C(C)=NNC(=S)Nc2cccc(C)c2)cc1. The molecule has 2 aromatic rings. The predicted octanol–water partition coefficient (Wildman–Crippen LogP) is 3.71. The molecule has 5 heteroatoms. The van der Waals surface area contributed by atoms with Crippen molar-refractivity contribution in [2.24, 2.45) is 5.10 Å². The van der Waals surface area contributed by atoms with E-state index in [9.17, 15) is 0 Å². The predicted molar refractivity (Wildman–Crippen MR) is 95.7 cm³/mol. The van der Waals surface area contributed by atoms with Gasteiger partial charge in [-0.2, -0.15) is 5.10 Å². The summed E-state index contributed by atoms with van der Waals surface area (Å²) in [6, 6.07) is 15.7. The summed E-state index contributed by atoms with van der Waals surface area (Å²) in [5.41, 5.74) is 6.82. The number of benzene rings is 2. The Morgan fingerprint density at radius 2 is 1.86 bits per heavy atom. The molecule has 0 aliphatic carbocycles. The molecule has 2 aromatic carbocycles. The summed E-state index contributed by atoms with van der Waals surface area (Å²) >= 11 is 5.24. The van der Waals surface area contributed by atoms with Gasteiger partial charge in [0.1, 0.15) is 5.75 Å². The summed E-state index contributed by atoms with van der Waals surface area (Å²) in [6.45, 7) is 3.96. The molecular weight excluding hydrogens is 294 g/mol. The lowest BCUT2D eigenvalue weighted by atomic mass is 10.1. The number of hydrogen-bond donors (Lipinski definition) is 2. The average molecular weight is 313 g/mol. The summed E-state index contributed by atoms with van der Waals surface area (Å²) in [5, 5.41) is 7.85. The fourth-order valence-corrected chi connectivity index (χ4v) is 2.08. The second-order valence-corrected chi connectivity index (χ2v) is 5.27. The first-order valence-corrected chi connectivity index (χ1v) is 7.31. The van der Waals surface area contributed by atoms with Gasteiger partial charge in [0.15, 0.2) is 5.11 Å². The van der Waals surface area contributed by atoms with Crippen LogP contribution in [0, 0.1) is 6.92 Å². The number of rotatable bonds is 4. The van der Waals surface area contributed by atoms with Crippen LogP contribution in [0.25, 0.3) is 0 Å². The summed E-state index contributed by atoms with van der Waals surface area (Å²) < 4.78 is 5.14. The lowest BCUT2D eigenvalue weighted by Crippen LogP contribution is -2.25. The minimum Gasteiger partial charge on any atom is -0.497 e. The van der Waals surface area contributed by atoms with Gasteiger partial charge < -0.3 is 10.1 Å². The highest BCUT2D eigenvalue weighted by atomic mass is 32.1. The van der Waals surface area contributed by atoms with Crippen molar-refractivity contribution in [3.8, 4) is 5.75 Å². The van der Waals surface area contributed by atoms with Crippen molar-refractivity contribution in [3.05, 3.63) is 59.7 Å². The van der Waals surface area contributed by atoms with Crippen LogP contribution in [0.5, 0.6) is 5.75 Å². The van der Waals surface area contributed by atoms with Crippen LogP contribution in [0.2, 0.25) is 0 Å². The molecule has 0 aliphatic heterocycles. The third kappa shape index (κ3) is 4.56. The molecule has 0 amide bonds. The number of ether oxygens (including phenoxy) is 1. The molecule has 22 heavy (non-hydrogen) atoms. The fourth-order valence-electron chi connectivity index (χ4n) is 1.91. The molecule has 0 radical (unpaired) electrons. The number of nitrogens with one attached hydrogen (secondary N) is 2. The number of nitrogens with zero attached hydrogens (tertiary/aromatic N) is 1. The number of anilines is 1. The summed E-state index contributed by atoms with van der Waals surface area (Å²) in [6.07, 6.45) is 0. The van der Waals surface area contributed by atoms with E-state index in [1.165, 1.54) is 5.56 Å². The lowest BCUT2D eigenvalue weighted by molar-refractivity contribution is 0.415. The monoisotopic (exact) mass is 313 g/mol. The molecule has 0 bridgehead atoms. The molecule has 0 saturated heterocycles. The van der Waals surface area contributed by atoms with Crippen LogP contribution in [0.1, 0.15) is 18.1 Å². The largest absolute Gasteiger partial charge is 0.497 e. The topological polar surface area (TPSA) is 45.6 Å². The minimum atomic E-state index is 0.457. The average Bonchev–Trinajstić information content (AvgIpc) is 2.52. The highest BCUT2D eigenvalue weighted by Gasteiger charge is 2.00. The first-order chi connectivity index (χ1) is 10.6. The Hall–Kier alpha value is -2.40. The fraction of sp³-hybridized carbons (Fsp3) is 0.176. The molecule has 0 heterocycles. The standard InChI is InChI=1S/C17H19N3OS/c1-12-5-4-6-15(11-12)18-17(22)20-19-13(2)14-7-9-16(21-3)10-8-14/h4-11H,1-3H3,(H2,18,20,22). The summed E-state index contributed by atoms with van der Waals surface area (Å²) in [5.74, 6) is 0.821. The molecule has 0 atom stereocenters. The van der Waals surface area contributed by atoms with Crippen LogP contribution < -0.4 is 15.5 Å². The van der Waals surface area contributed by atoms with Gasteiger partial charge in [-0.05, 0) is 73.6 Å². The smallest absolute Gasteiger partial charge is 0.191 e. The molecule has 0 spiro atoms. The van der Waals surface area contributed by atoms with Crippen LogP contribution in [-0.2, 0) is 0 Å². The van der Waals surface area contributed by atoms with E-state index in [2.05, 4.69) is 15.8 Å². The molecule has 4 nitrogen and oxygen atoms in total. The first-order valence-electron chi connectivity index (χ1n) is 6.91. The molecule has 2 rings (SSSR count). The third-order valence-corrected chi connectivity index (χ3v) is 3.30. The van der Waals surface area contributed by atoms with E-state index in [4.69, 9.17) is 17.0 Å². The van der Waals surface area contributed by atoms with Gasteiger partial charge in [-0.25, -0.2) is 0 Å². The van der Waals surface area contributed by atoms with Crippen LogP contribution in [-0.4, -0.2) is 17.9 Å². The van der Waals surface area contributed by atoms with Crippen LogP contribution >= 0.6 is 12.2 Å². The Morgan fingerprint density at radius 1 is 1.14 bits per heavy atom. The van der Waals surface area contributed by atoms with Gasteiger partial charge in [0.25, 0.3) is 0 Å². The zero-order chi connectivity index (χ0) is 15.9. The van der Waals surface area contributed by atoms with E-state index in [-0.39, 0.29) is 0 Å². The molecule has 0 aromatic heterocycles. The van der Waals surface area contributed by atoms with Crippen LogP contribution in [0.4, 0.5) is 5.69 Å². The van der Waals surface area contributed by atoms with Crippen molar-refractivity contribution in [1.29, 1.82) is 0 Å². The Morgan fingerprint density at radius 3 is 2.50 bits per heavy atom. The van der Waals surface area contributed by atoms with E-state index in [1.807, 2.05) is 62.4 Å². The van der Waals surface area contributed by atoms with Gasteiger partial charge >= 0.3 is 0 Å². The molecule has 0 saturated carbocycles. The highest BCUT2D eigenvalue weighted by Crippen LogP contribution is 2.12. The quantitative estimate of drug-likeness (QED) is 0.513. The summed E-state index contributed by atoms with van der Waals surface area (Å²) in [7, 11) is 1.65.